The third-order valence-corrected chi connectivity index (χ3v) is 8.79. The summed E-state index contributed by atoms with van der Waals surface area (Å²) in [5.41, 5.74) is -2.12. The summed E-state index contributed by atoms with van der Waals surface area (Å²) in [7, 11) is 0. The SMILES string of the molecule is C[C@@H](O[C@H]1CCN(C(=O)N2CCC(N3CCCC3=O)CC2)C[C@H]1c1ccccc1)c1cc(C(F)(F)F)cc(C(F)(F)F)c1. The highest BCUT2D eigenvalue weighted by Crippen LogP contribution is 2.40. The smallest absolute Gasteiger partial charge is 0.370 e. The van der Waals surface area contributed by atoms with Gasteiger partial charge in [-0.05, 0) is 61.9 Å². The normalized spacial score (nSPS) is 23.1. The summed E-state index contributed by atoms with van der Waals surface area (Å²) in [4.78, 5) is 31.2. The molecule has 3 atom stereocenters. The summed E-state index contributed by atoms with van der Waals surface area (Å²) in [6, 6.07) is 10.8. The van der Waals surface area contributed by atoms with Crippen molar-refractivity contribution in [2.45, 2.75) is 75.5 Å². The molecule has 3 heterocycles. The minimum Gasteiger partial charge on any atom is -0.370 e. The second kappa shape index (κ2) is 12.4. The maximum Gasteiger partial charge on any atom is 0.416 e. The number of benzene rings is 2. The van der Waals surface area contributed by atoms with E-state index < -0.39 is 35.7 Å². The van der Waals surface area contributed by atoms with Crippen molar-refractivity contribution in [1.29, 1.82) is 0 Å². The average Bonchev–Trinajstić information content (AvgIpc) is 3.42. The van der Waals surface area contributed by atoms with E-state index in [9.17, 15) is 35.9 Å². The Morgan fingerprint density at radius 1 is 0.860 bits per heavy atom. The van der Waals surface area contributed by atoms with Gasteiger partial charge < -0.3 is 19.4 Å². The molecule has 0 bridgehead atoms. The summed E-state index contributed by atoms with van der Waals surface area (Å²) >= 11 is 0. The first-order chi connectivity index (χ1) is 20.3. The Bertz CT molecular complexity index is 1260. The molecule has 0 aliphatic carbocycles. The van der Waals surface area contributed by atoms with Crippen LogP contribution >= 0.6 is 0 Å². The first-order valence-electron chi connectivity index (χ1n) is 14.6. The van der Waals surface area contributed by atoms with Gasteiger partial charge in [0.05, 0.1) is 23.3 Å². The lowest BCUT2D eigenvalue weighted by atomic mass is 9.87. The highest BCUT2D eigenvalue weighted by molar-refractivity contribution is 5.78. The molecule has 3 saturated heterocycles. The number of hydrogen-bond donors (Lipinski definition) is 0. The first-order valence-corrected chi connectivity index (χ1v) is 14.6. The fraction of sp³-hybridized carbons (Fsp3) is 0.548. The summed E-state index contributed by atoms with van der Waals surface area (Å²) in [6.45, 7) is 3.91. The third kappa shape index (κ3) is 7.11. The number of halogens is 6. The zero-order valence-corrected chi connectivity index (χ0v) is 23.8. The van der Waals surface area contributed by atoms with Crippen LogP contribution in [0.1, 0.15) is 73.3 Å². The number of rotatable bonds is 5. The van der Waals surface area contributed by atoms with E-state index in [2.05, 4.69) is 0 Å². The average molecular weight is 612 g/mol. The molecule has 0 radical (unpaired) electrons. The maximum absolute atomic E-state index is 13.6. The number of piperidine rings is 2. The van der Waals surface area contributed by atoms with Gasteiger partial charge in [0, 0.05) is 51.1 Å². The fourth-order valence-corrected chi connectivity index (χ4v) is 6.47. The van der Waals surface area contributed by atoms with E-state index in [1.165, 1.54) is 6.92 Å². The zero-order valence-electron chi connectivity index (χ0n) is 23.8. The molecule has 0 unspecified atom stereocenters. The lowest BCUT2D eigenvalue weighted by Gasteiger charge is -2.43. The van der Waals surface area contributed by atoms with E-state index in [1.807, 2.05) is 35.2 Å². The minimum atomic E-state index is -4.95. The van der Waals surface area contributed by atoms with Gasteiger partial charge in [0.25, 0.3) is 0 Å². The van der Waals surface area contributed by atoms with Crippen molar-refractivity contribution >= 4 is 11.9 Å². The Hall–Kier alpha value is -3.28. The molecular formula is C31H35F6N3O3. The van der Waals surface area contributed by atoms with Crippen LogP contribution in [0.3, 0.4) is 0 Å². The Morgan fingerprint density at radius 2 is 1.47 bits per heavy atom. The highest BCUT2D eigenvalue weighted by atomic mass is 19.4. The van der Waals surface area contributed by atoms with Gasteiger partial charge in [-0.1, -0.05) is 30.3 Å². The molecule has 5 rings (SSSR count). The quantitative estimate of drug-likeness (QED) is 0.347. The Balaban J connectivity index is 1.30. The van der Waals surface area contributed by atoms with Crippen molar-refractivity contribution in [3.8, 4) is 0 Å². The van der Waals surface area contributed by atoms with Crippen molar-refractivity contribution in [2.75, 3.05) is 32.7 Å². The molecular weight excluding hydrogens is 576 g/mol. The van der Waals surface area contributed by atoms with Crippen molar-refractivity contribution in [3.05, 3.63) is 70.8 Å². The lowest BCUT2D eigenvalue weighted by molar-refractivity contribution is -0.143. The topological polar surface area (TPSA) is 53.1 Å². The molecule has 0 N–H and O–H groups in total. The van der Waals surface area contributed by atoms with Crippen LogP contribution in [0.2, 0.25) is 0 Å². The number of nitrogens with zero attached hydrogens (tertiary/aromatic N) is 3. The van der Waals surface area contributed by atoms with Gasteiger partial charge in [-0.25, -0.2) is 4.79 Å². The Kier molecular flexibility index (Phi) is 8.97. The van der Waals surface area contributed by atoms with Gasteiger partial charge in [0.1, 0.15) is 0 Å². The van der Waals surface area contributed by atoms with Crippen molar-refractivity contribution < 1.29 is 40.7 Å². The van der Waals surface area contributed by atoms with Crippen molar-refractivity contribution in [1.82, 2.24) is 14.7 Å². The molecule has 12 heteroatoms. The molecule has 2 aromatic carbocycles. The second-order valence-electron chi connectivity index (χ2n) is 11.6. The monoisotopic (exact) mass is 611 g/mol. The largest absolute Gasteiger partial charge is 0.416 e. The minimum absolute atomic E-state index is 0.110. The second-order valence-corrected chi connectivity index (χ2v) is 11.6. The van der Waals surface area contributed by atoms with Gasteiger partial charge in [-0.15, -0.1) is 0 Å². The fourth-order valence-electron chi connectivity index (χ4n) is 6.47. The molecule has 2 aromatic rings. The number of carbonyl (C=O) groups is 2. The number of carbonyl (C=O) groups excluding carboxylic acids is 2. The van der Waals surface area contributed by atoms with Crippen LogP contribution in [0.25, 0.3) is 0 Å². The predicted molar refractivity (Wildman–Crippen MR) is 146 cm³/mol. The van der Waals surface area contributed by atoms with Gasteiger partial charge in [-0.3, -0.25) is 4.79 Å². The van der Waals surface area contributed by atoms with E-state index in [1.54, 1.807) is 9.80 Å². The van der Waals surface area contributed by atoms with Crippen LogP contribution in [-0.4, -0.2) is 71.5 Å². The zero-order chi connectivity index (χ0) is 30.9. The summed E-state index contributed by atoms with van der Waals surface area (Å²) in [5, 5.41) is 0. The third-order valence-electron chi connectivity index (χ3n) is 8.79. The van der Waals surface area contributed by atoms with Crippen LogP contribution in [0, 0.1) is 0 Å². The van der Waals surface area contributed by atoms with Crippen LogP contribution < -0.4 is 0 Å². The van der Waals surface area contributed by atoms with Gasteiger partial charge in [-0.2, -0.15) is 26.3 Å². The standard InChI is InChI=1S/C31H35F6N3O3/c1-20(22-16-23(30(32,33)34)18-24(17-22)31(35,36)37)43-27-11-15-39(19-26(27)21-6-3-2-4-7-21)29(42)38-13-9-25(10-14-38)40-12-5-8-28(40)41/h2-4,6-7,16-18,20,25-27H,5,8-15,19H2,1H3/t20-,26+,27+/m1/s1. The molecule has 3 amide bonds. The highest BCUT2D eigenvalue weighted by Gasteiger charge is 2.40. The number of amides is 3. The van der Waals surface area contributed by atoms with E-state index in [0.717, 1.165) is 18.5 Å². The van der Waals surface area contributed by atoms with Crippen LogP contribution in [0.4, 0.5) is 31.1 Å². The van der Waals surface area contributed by atoms with Crippen LogP contribution in [0.5, 0.6) is 0 Å². The predicted octanol–water partition coefficient (Wildman–Crippen LogP) is 6.87. The van der Waals surface area contributed by atoms with E-state index in [4.69, 9.17) is 4.74 Å². The van der Waals surface area contributed by atoms with E-state index >= 15 is 0 Å². The lowest BCUT2D eigenvalue weighted by Crippen LogP contribution is -2.54. The molecule has 0 aromatic heterocycles. The number of hydrogen-bond acceptors (Lipinski definition) is 3. The molecule has 43 heavy (non-hydrogen) atoms. The first kappa shape index (κ1) is 31.2. The number of urea groups is 1. The van der Waals surface area contributed by atoms with Gasteiger partial charge >= 0.3 is 18.4 Å². The van der Waals surface area contributed by atoms with E-state index in [0.29, 0.717) is 64.0 Å². The maximum atomic E-state index is 13.6. The molecule has 0 spiro atoms. The molecule has 234 valence electrons. The van der Waals surface area contributed by atoms with Crippen LogP contribution in [0.15, 0.2) is 48.5 Å². The molecule has 3 fully saturated rings. The van der Waals surface area contributed by atoms with Crippen molar-refractivity contribution in [2.24, 2.45) is 0 Å². The van der Waals surface area contributed by atoms with Gasteiger partial charge in [0.2, 0.25) is 5.91 Å². The summed E-state index contributed by atoms with van der Waals surface area (Å²) in [6.07, 6.45) is -8.27. The molecule has 0 saturated carbocycles. The number of ether oxygens (including phenoxy) is 1. The molecule has 3 aliphatic rings. The Morgan fingerprint density at radius 3 is 2.02 bits per heavy atom. The Labute approximate surface area is 246 Å². The number of alkyl halides is 6. The molecule has 6 nitrogen and oxygen atoms in total. The molecule has 3 aliphatic heterocycles. The summed E-state index contributed by atoms with van der Waals surface area (Å²) < 4.78 is 87.0. The summed E-state index contributed by atoms with van der Waals surface area (Å²) in [5.74, 6) is -0.166. The van der Waals surface area contributed by atoms with Gasteiger partial charge in [0.15, 0.2) is 0 Å². The van der Waals surface area contributed by atoms with Crippen LogP contribution in [-0.2, 0) is 21.9 Å². The van der Waals surface area contributed by atoms with Crippen molar-refractivity contribution in [3.63, 3.8) is 0 Å². The van der Waals surface area contributed by atoms with E-state index in [-0.39, 0.29) is 35.5 Å². The number of likely N-dealkylation sites (tertiary alicyclic amines) is 3.